The van der Waals surface area contributed by atoms with Gasteiger partial charge in [-0.3, -0.25) is 4.79 Å². The maximum Gasteiger partial charge on any atom is 0.309 e. The van der Waals surface area contributed by atoms with Gasteiger partial charge < -0.3 is 9.84 Å². The number of hydrogen-bond donors (Lipinski definition) is 1. The first-order chi connectivity index (χ1) is 8.36. The summed E-state index contributed by atoms with van der Waals surface area (Å²) in [6.45, 7) is 6.28. The minimum atomic E-state index is -0.766. The molecule has 1 aromatic carbocycles. The lowest BCUT2D eigenvalue weighted by Gasteiger charge is -2.20. The predicted octanol–water partition coefficient (Wildman–Crippen LogP) is 3.09. The lowest BCUT2D eigenvalue weighted by Crippen LogP contribution is -2.26. The average molecular weight is 250 g/mol. The average Bonchev–Trinajstić information content (AvgIpc) is 2.29. The molecule has 0 aliphatic rings. The molecule has 1 aromatic rings. The molecule has 0 aliphatic heterocycles. The van der Waals surface area contributed by atoms with E-state index in [2.05, 4.69) is 19.1 Å². The van der Waals surface area contributed by atoms with Crippen molar-refractivity contribution in [2.75, 3.05) is 13.7 Å². The summed E-state index contributed by atoms with van der Waals surface area (Å²) in [6.07, 6.45) is 0.538. The number of rotatable bonds is 6. The van der Waals surface area contributed by atoms with Gasteiger partial charge >= 0.3 is 5.97 Å². The fraction of sp³-hybridized carbons (Fsp3) is 0.533. The second-order valence-electron chi connectivity index (χ2n) is 5.47. The van der Waals surface area contributed by atoms with Crippen LogP contribution in [-0.4, -0.2) is 24.8 Å². The van der Waals surface area contributed by atoms with E-state index in [1.807, 2.05) is 12.1 Å². The third kappa shape index (κ3) is 3.84. The first-order valence-corrected chi connectivity index (χ1v) is 6.18. The zero-order valence-electron chi connectivity index (χ0n) is 11.6. The quantitative estimate of drug-likeness (QED) is 0.844. The van der Waals surface area contributed by atoms with Gasteiger partial charge in [0.25, 0.3) is 0 Å². The summed E-state index contributed by atoms with van der Waals surface area (Å²) in [4.78, 5) is 11.1. The van der Waals surface area contributed by atoms with E-state index in [1.54, 1.807) is 21.0 Å². The van der Waals surface area contributed by atoms with Crippen molar-refractivity contribution in [3.05, 3.63) is 35.4 Å². The SMILES string of the molecule is COCC(C)c1cccc(CC(C)(C)C(=O)O)c1. The van der Waals surface area contributed by atoms with E-state index in [1.165, 1.54) is 5.56 Å². The molecule has 18 heavy (non-hydrogen) atoms. The van der Waals surface area contributed by atoms with Gasteiger partial charge in [-0.25, -0.2) is 0 Å². The normalized spacial score (nSPS) is 13.3. The van der Waals surface area contributed by atoms with Crippen LogP contribution in [0.1, 0.15) is 37.8 Å². The van der Waals surface area contributed by atoms with Crippen LogP contribution in [0.4, 0.5) is 0 Å². The van der Waals surface area contributed by atoms with E-state index >= 15 is 0 Å². The van der Waals surface area contributed by atoms with Gasteiger partial charge in [-0.15, -0.1) is 0 Å². The molecule has 0 aliphatic carbocycles. The Balaban J connectivity index is 2.86. The highest BCUT2D eigenvalue weighted by Crippen LogP contribution is 2.24. The van der Waals surface area contributed by atoms with Crippen molar-refractivity contribution >= 4 is 5.97 Å². The van der Waals surface area contributed by atoms with Crippen LogP contribution in [0.3, 0.4) is 0 Å². The van der Waals surface area contributed by atoms with Crippen LogP contribution in [0.25, 0.3) is 0 Å². The summed E-state index contributed by atoms with van der Waals surface area (Å²) in [7, 11) is 1.69. The van der Waals surface area contributed by atoms with Crippen LogP contribution in [0.15, 0.2) is 24.3 Å². The fourth-order valence-electron chi connectivity index (χ4n) is 1.94. The number of carboxylic acid groups (broad SMARTS) is 1. The molecule has 0 fully saturated rings. The molecule has 0 saturated heterocycles. The number of hydrogen-bond acceptors (Lipinski definition) is 2. The second kappa shape index (κ2) is 6.01. The molecule has 1 unspecified atom stereocenters. The van der Waals surface area contributed by atoms with Crippen LogP contribution >= 0.6 is 0 Å². The monoisotopic (exact) mass is 250 g/mol. The number of benzene rings is 1. The highest BCUT2D eigenvalue weighted by atomic mass is 16.5. The maximum absolute atomic E-state index is 11.1. The molecule has 1 rings (SSSR count). The highest BCUT2D eigenvalue weighted by Gasteiger charge is 2.27. The Kier molecular flexibility index (Phi) is 4.91. The van der Waals surface area contributed by atoms with Crippen molar-refractivity contribution in [2.45, 2.75) is 33.1 Å². The maximum atomic E-state index is 11.1. The lowest BCUT2D eigenvalue weighted by molar-refractivity contribution is -0.146. The van der Waals surface area contributed by atoms with Crippen molar-refractivity contribution in [1.29, 1.82) is 0 Å². The van der Waals surface area contributed by atoms with Gasteiger partial charge in [-0.1, -0.05) is 31.2 Å². The van der Waals surface area contributed by atoms with Crippen LogP contribution in [-0.2, 0) is 16.0 Å². The number of aliphatic carboxylic acids is 1. The van der Waals surface area contributed by atoms with Crippen LogP contribution < -0.4 is 0 Å². The molecule has 0 aromatic heterocycles. The first-order valence-electron chi connectivity index (χ1n) is 6.18. The molecule has 1 atom stereocenters. The number of methoxy groups -OCH3 is 1. The molecule has 0 heterocycles. The topological polar surface area (TPSA) is 46.5 Å². The van der Waals surface area contributed by atoms with Gasteiger partial charge in [0.2, 0.25) is 0 Å². The van der Waals surface area contributed by atoms with E-state index in [0.717, 1.165) is 5.56 Å². The molecule has 0 saturated carbocycles. The summed E-state index contributed by atoms with van der Waals surface area (Å²) < 4.78 is 5.14. The van der Waals surface area contributed by atoms with Crippen LogP contribution in [0, 0.1) is 5.41 Å². The van der Waals surface area contributed by atoms with Crippen LogP contribution in [0.5, 0.6) is 0 Å². The van der Waals surface area contributed by atoms with E-state index in [-0.39, 0.29) is 0 Å². The van der Waals surface area contributed by atoms with E-state index < -0.39 is 11.4 Å². The van der Waals surface area contributed by atoms with E-state index in [0.29, 0.717) is 18.9 Å². The van der Waals surface area contributed by atoms with Gasteiger partial charge in [0.1, 0.15) is 0 Å². The summed E-state index contributed by atoms with van der Waals surface area (Å²) in [5.41, 5.74) is 1.52. The Bertz CT molecular complexity index is 410. The largest absolute Gasteiger partial charge is 0.481 e. The Morgan fingerprint density at radius 2 is 2.11 bits per heavy atom. The lowest BCUT2D eigenvalue weighted by atomic mass is 9.85. The van der Waals surface area contributed by atoms with E-state index in [9.17, 15) is 4.79 Å². The second-order valence-corrected chi connectivity index (χ2v) is 5.47. The molecule has 3 nitrogen and oxygen atoms in total. The van der Waals surface area contributed by atoms with Crippen LogP contribution in [0.2, 0.25) is 0 Å². The molecular formula is C15H22O3. The zero-order chi connectivity index (χ0) is 13.8. The predicted molar refractivity (Wildman–Crippen MR) is 71.9 cm³/mol. The van der Waals surface area contributed by atoms with Gasteiger partial charge in [0, 0.05) is 13.0 Å². The minimum Gasteiger partial charge on any atom is -0.481 e. The smallest absolute Gasteiger partial charge is 0.309 e. The Labute approximate surface area is 109 Å². The van der Waals surface area contributed by atoms with E-state index in [4.69, 9.17) is 9.84 Å². The summed E-state index contributed by atoms with van der Waals surface area (Å²) >= 11 is 0. The minimum absolute atomic E-state index is 0.322. The van der Waals surface area contributed by atoms with Gasteiger partial charge in [-0.2, -0.15) is 0 Å². The van der Waals surface area contributed by atoms with Crippen molar-refractivity contribution in [1.82, 2.24) is 0 Å². The standard InChI is InChI=1S/C15H22O3/c1-11(10-18-4)13-7-5-6-12(8-13)9-15(2,3)14(16)17/h5-8,11H,9-10H2,1-4H3,(H,16,17). The third-order valence-corrected chi connectivity index (χ3v) is 3.16. The molecule has 1 N–H and O–H groups in total. The molecular weight excluding hydrogens is 228 g/mol. The molecule has 0 radical (unpaired) electrons. The number of carbonyl (C=O) groups is 1. The summed E-state index contributed by atoms with van der Waals surface area (Å²) in [6, 6.07) is 8.10. The van der Waals surface area contributed by atoms with Crippen molar-refractivity contribution < 1.29 is 14.6 Å². The third-order valence-electron chi connectivity index (χ3n) is 3.16. The summed E-state index contributed by atoms with van der Waals surface area (Å²) in [5.74, 6) is -0.444. The molecule has 100 valence electrons. The van der Waals surface area contributed by atoms with Crippen molar-refractivity contribution in [3.63, 3.8) is 0 Å². The number of ether oxygens (including phenoxy) is 1. The first kappa shape index (κ1) is 14.7. The Hall–Kier alpha value is -1.35. The van der Waals surface area contributed by atoms with Gasteiger partial charge in [0.05, 0.1) is 12.0 Å². The molecule has 3 heteroatoms. The van der Waals surface area contributed by atoms with Gasteiger partial charge in [0.15, 0.2) is 0 Å². The molecule has 0 bridgehead atoms. The Morgan fingerprint density at radius 1 is 1.44 bits per heavy atom. The zero-order valence-corrected chi connectivity index (χ0v) is 11.6. The molecule has 0 spiro atoms. The fourth-order valence-corrected chi connectivity index (χ4v) is 1.94. The van der Waals surface area contributed by atoms with Crippen molar-refractivity contribution in [2.24, 2.45) is 5.41 Å². The van der Waals surface area contributed by atoms with Crippen molar-refractivity contribution in [3.8, 4) is 0 Å². The summed E-state index contributed by atoms with van der Waals surface area (Å²) in [5, 5.41) is 9.15. The Morgan fingerprint density at radius 3 is 2.67 bits per heavy atom. The van der Waals surface area contributed by atoms with Gasteiger partial charge in [-0.05, 0) is 31.4 Å². The number of carboxylic acids is 1. The highest BCUT2D eigenvalue weighted by molar-refractivity contribution is 5.74. The molecule has 0 amide bonds.